The number of para-hydroxylation sites is 1. The number of halogens is 1. The molecule has 2 aliphatic rings. The summed E-state index contributed by atoms with van der Waals surface area (Å²) in [5.41, 5.74) is 0.655. The molecule has 0 N–H and O–H groups in total. The molecule has 4 rings (SSSR count). The standard InChI is InChI=1S/C19H18FNO2/c1-21-10-8-19(9-11-21)15-4-2-3-5-17(15)23-16-7-6-13(20)12-14(16)18(19)22/h2-7,12H,8-11H2,1H3. The van der Waals surface area contributed by atoms with Gasteiger partial charge in [0.1, 0.15) is 17.3 Å². The second-order valence-electron chi connectivity index (χ2n) is 6.45. The molecule has 2 aromatic carbocycles. The van der Waals surface area contributed by atoms with E-state index >= 15 is 0 Å². The number of Topliss-reactive ketones (excluding diaryl/α,β-unsaturated/α-hetero) is 1. The molecule has 0 bridgehead atoms. The fourth-order valence-electron chi connectivity index (χ4n) is 3.71. The van der Waals surface area contributed by atoms with Crippen LogP contribution >= 0.6 is 0 Å². The number of benzene rings is 2. The van der Waals surface area contributed by atoms with E-state index in [-0.39, 0.29) is 5.78 Å². The van der Waals surface area contributed by atoms with Gasteiger partial charge in [0.05, 0.1) is 11.0 Å². The van der Waals surface area contributed by atoms with E-state index in [1.54, 1.807) is 6.07 Å². The Labute approximate surface area is 134 Å². The van der Waals surface area contributed by atoms with Crippen molar-refractivity contribution < 1.29 is 13.9 Å². The highest BCUT2D eigenvalue weighted by atomic mass is 19.1. The fraction of sp³-hybridized carbons (Fsp3) is 0.316. The van der Waals surface area contributed by atoms with E-state index in [0.29, 0.717) is 17.1 Å². The van der Waals surface area contributed by atoms with Gasteiger partial charge < -0.3 is 9.64 Å². The van der Waals surface area contributed by atoms with Crippen LogP contribution in [0, 0.1) is 5.82 Å². The lowest BCUT2D eigenvalue weighted by Gasteiger charge is -2.39. The maximum atomic E-state index is 13.7. The topological polar surface area (TPSA) is 29.5 Å². The molecule has 4 heteroatoms. The maximum absolute atomic E-state index is 13.7. The van der Waals surface area contributed by atoms with Crippen LogP contribution in [0.2, 0.25) is 0 Å². The van der Waals surface area contributed by atoms with Gasteiger partial charge in [-0.05, 0) is 57.2 Å². The number of nitrogens with zero attached hydrogens (tertiary/aromatic N) is 1. The number of likely N-dealkylation sites (tertiary alicyclic amines) is 1. The highest BCUT2D eigenvalue weighted by Crippen LogP contribution is 2.47. The van der Waals surface area contributed by atoms with Crippen LogP contribution in [0.25, 0.3) is 0 Å². The molecule has 2 heterocycles. The lowest BCUT2D eigenvalue weighted by Crippen LogP contribution is -2.45. The number of fused-ring (bicyclic) bond motifs is 3. The van der Waals surface area contributed by atoms with Crippen molar-refractivity contribution in [3.05, 3.63) is 59.4 Å². The third-order valence-corrected chi connectivity index (χ3v) is 5.08. The summed E-state index contributed by atoms with van der Waals surface area (Å²) in [6.07, 6.45) is 1.44. The molecule has 0 atom stereocenters. The third kappa shape index (κ3) is 2.17. The summed E-state index contributed by atoms with van der Waals surface area (Å²) in [4.78, 5) is 15.6. The summed E-state index contributed by atoms with van der Waals surface area (Å²) in [5, 5.41) is 0. The molecule has 3 nitrogen and oxygen atoms in total. The smallest absolute Gasteiger partial charge is 0.177 e. The van der Waals surface area contributed by atoms with Crippen LogP contribution in [0.1, 0.15) is 28.8 Å². The predicted octanol–water partition coefficient (Wildman–Crippen LogP) is 3.78. The molecule has 0 aliphatic carbocycles. The lowest BCUT2D eigenvalue weighted by molar-refractivity contribution is 0.0795. The first kappa shape index (κ1) is 14.4. The van der Waals surface area contributed by atoms with E-state index in [1.165, 1.54) is 12.1 Å². The van der Waals surface area contributed by atoms with Gasteiger partial charge in [0.2, 0.25) is 0 Å². The van der Waals surface area contributed by atoms with Crippen molar-refractivity contribution in [2.24, 2.45) is 0 Å². The quantitative estimate of drug-likeness (QED) is 0.741. The van der Waals surface area contributed by atoms with Crippen molar-refractivity contribution in [3.63, 3.8) is 0 Å². The molecule has 118 valence electrons. The minimum atomic E-state index is -0.623. The van der Waals surface area contributed by atoms with Gasteiger partial charge in [-0.3, -0.25) is 4.79 Å². The van der Waals surface area contributed by atoms with Gasteiger partial charge in [-0.2, -0.15) is 0 Å². The van der Waals surface area contributed by atoms with Gasteiger partial charge in [0, 0.05) is 5.56 Å². The molecule has 1 fully saturated rings. The van der Waals surface area contributed by atoms with Crippen LogP contribution in [-0.4, -0.2) is 30.8 Å². The summed E-state index contributed by atoms with van der Waals surface area (Å²) in [6.45, 7) is 1.68. The van der Waals surface area contributed by atoms with Gasteiger partial charge >= 0.3 is 0 Å². The van der Waals surface area contributed by atoms with Crippen LogP contribution < -0.4 is 4.74 Å². The van der Waals surface area contributed by atoms with Crippen molar-refractivity contribution >= 4 is 5.78 Å². The van der Waals surface area contributed by atoms with Crippen molar-refractivity contribution in [1.29, 1.82) is 0 Å². The lowest BCUT2D eigenvalue weighted by atomic mass is 9.68. The summed E-state index contributed by atoms with van der Waals surface area (Å²) in [7, 11) is 2.06. The molecule has 0 aromatic heterocycles. The second-order valence-corrected chi connectivity index (χ2v) is 6.45. The van der Waals surface area contributed by atoms with E-state index < -0.39 is 11.2 Å². The summed E-state index contributed by atoms with van der Waals surface area (Å²) < 4.78 is 19.7. The zero-order chi connectivity index (χ0) is 16.0. The van der Waals surface area contributed by atoms with E-state index in [9.17, 15) is 9.18 Å². The molecular weight excluding hydrogens is 293 g/mol. The summed E-state index contributed by atoms with van der Waals surface area (Å²) in [6, 6.07) is 11.9. The molecule has 0 amide bonds. The number of carbonyl (C=O) groups excluding carboxylic acids is 1. The van der Waals surface area contributed by atoms with Crippen molar-refractivity contribution in [2.75, 3.05) is 20.1 Å². The van der Waals surface area contributed by atoms with Gasteiger partial charge in [-0.15, -0.1) is 0 Å². The fourth-order valence-corrected chi connectivity index (χ4v) is 3.71. The first-order valence-corrected chi connectivity index (χ1v) is 7.90. The van der Waals surface area contributed by atoms with Gasteiger partial charge in [0.25, 0.3) is 0 Å². The first-order valence-electron chi connectivity index (χ1n) is 7.90. The number of hydrogen-bond acceptors (Lipinski definition) is 3. The third-order valence-electron chi connectivity index (χ3n) is 5.08. The van der Waals surface area contributed by atoms with Gasteiger partial charge in [-0.25, -0.2) is 4.39 Å². The van der Waals surface area contributed by atoms with E-state index in [1.807, 2.05) is 24.3 Å². The number of hydrogen-bond donors (Lipinski definition) is 0. The van der Waals surface area contributed by atoms with Crippen molar-refractivity contribution in [1.82, 2.24) is 4.90 Å². The zero-order valence-corrected chi connectivity index (χ0v) is 13.0. The summed E-state index contributed by atoms with van der Waals surface area (Å²) >= 11 is 0. The predicted molar refractivity (Wildman–Crippen MR) is 85.7 cm³/mol. The average molecular weight is 311 g/mol. The normalized spacial score (nSPS) is 19.7. The van der Waals surface area contributed by atoms with Crippen LogP contribution in [0.3, 0.4) is 0 Å². The molecular formula is C19H18FNO2. The number of ether oxygens (including phenoxy) is 1. The molecule has 0 unspecified atom stereocenters. The first-order chi connectivity index (χ1) is 11.1. The molecule has 2 aromatic rings. The van der Waals surface area contributed by atoms with Crippen LogP contribution in [0.15, 0.2) is 42.5 Å². The van der Waals surface area contributed by atoms with Crippen LogP contribution in [0.4, 0.5) is 4.39 Å². The SMILES string of the molecule is CN1CCC2(CC1)C(=O)c1cc(F)ccc1Oc1ccccc12. The molecule has 2 aliphatic heterocycles. The number of piperidine rings is 1. The van der Waals surface area contributed by atoms with Crippen molar-refractivity contribution in [2.45, 2.75) is 18.3 Å². The average Bonchev–Trinajstić information content (AvgIpc) is 2.66. The van der Waals surface area contributed by atoms with Crippen LogP contribution in [-0.2, 0) is 5.41 Å². The molecule has 0 radical (unpaired) electrons. The Bertz CT molecular complexity index is 779. The minimum Gasteiger partial charge on any atom is -0.456 e. The van der Waals surface area contributed by atoms with E-state index in [2.05, 4.69) is 11.9 Å². The van der Waals surface area contributed by atoms with Gasteiger partial charge in [0.15, 0.2) is 5.78 Å². The molecule has 0 saturated carbocycles. The minimum absolute atomic E-state index is 0.0231. The Balaban J connectivity index is 1.95. The summed E-state index contributed by atoms with van der Waals surface area (Å²) in [5.74, 6) is 0.718. The van der Waals surface area contributed by atoms with Crippen LogP contribution in [0.5, 0.6) is 11.5 Å². The Morgan fingerprint density at radius 3 is 2.61 bits per heavy atom. The number of carbonyl (C=O) groups is 1. The Morgan fingerprint density at radius 1 is 1.09 bits per heavy atom. The largest absolute Gasteiger partial charge is 0.456 e. The molecule has 1 saturated heterocycles. The highest BCUT2D eigenvalue weighted by Gasteiger charge is 2.46. The highest BCUT2D eigenvalue weighted by molar-refractivity contribution is 6.07. The maximum Gasteiger partial charge on any atom is 0.177 e. The zero-order valence-electron chi connectivity index (χ0n) is 13.0. The Hall–Kier alpha value is -2.20. The number of rotatable bonds is 0. The molecule has 23 heavy (non-hydrogen) atoms. The van der Waals surface area contributed by atoms with E-state index in [0.717, 1.165) is 31.5 Å². The van der Waals surface area contributed by atoms with Gasteiger partial charge in [-0.1, -0.05) is 18.2 Å². The monoisotopic (exact) mass is 311 g/mol. The Kier molecular flexibility index (Phi) is 3.23. The van der Waals surface area contributed by atoms with E-state index in [4.69, 9.17) is 4.74 Å². The number of ketones is 1. The molecule has 1 spiro atoms. The second kappa shape index (κ2) is 5.17. The Morgan fingerprint density at radius 2 is 1.83 bits per heavy atom. The van der Waals surface area contributed by atoms with Crippen molar-refractivity contribution in [3.8, 4) is 11.5 Å².